The van der Waals surface area contributed by atoms with E-state index in [0.717, 1.165) is 23.8 Å². The molecule has 0 spiro atoms. The predicted molar refractivity (Wildman–Crippen MR) is 78.6 cm³/mol. The van der Waals surface area contributed by atoms with E-state index in [0.29, 0.717) is 5.41 Å². The highest BCUT2D eigenvalue weighted by molar-refractivity contribution is 14.1. The molecular formula is C13H19IN2. The smallest absolute Gasteiger partial charge is 0.0574 e. The second-order valence-electron chi connectivity index (χ2n) is 5.10. The lowest BCUT2D eigenvalue weighted by Crippen LogP contribution is -2.21. The number of hydrogen-bond acceptors (Lipinski definition) is 2. The van der Waals surface area contributed by atoms with Crippen LogP contribution < -0.4 is 11.1 Å². The Kier molecular flexibility index (Phi) is 3.33. The molecule has 0 radical (unpaired) electrons. The number of anilines is 2. The van der Waals surface area contributed by atoms with Crippen LogP contribution in [0.15, 0.2) is 18.2 Å². The summed E-state index contributed by atoms with van der Waals surface area (Å²) in [5, 5.41) is 3.50. The highest BCUT2D eigenvalue weighted by atomic mass is 127. The van der Waals surface area contributed by atoms with E-state index in [9.17, 15) is 0 Å². The summed E-state index contributed by atoms with van der Waals surface area (Å²) in [7, 11) is 0. The highest BCUT2D eigenvalue weighted by Gasteiger charge is 2.44. The van der Waals surface area contributed by atoms with Crippen LogP contribution in [0.4, 0.5) is 11.4 Å². The molecule has 1 fully saturated rings. The quantitative estimate of drug-likeness (QED) is 0.652. The maximum Gasteiger partial charge on any atom is 0.0574 e. The average molecular weight is 330 g/mol. The van der Waals surface area contributed by atoms with Crippen molar-refractivity contribution in [2.45, 2.75) is 26.7 Å². The van der Waals surface area contributed by atoms with Crippen molar-refractivity contribution in [1.82, 2.24) is 0 Å². The van der Waals surface area contributed by atoms with Crippen LogP contribution in [-0.4, -0.2) is 6.54 Å². The molecule has 3 heteroatoms. The summed E-state index contributed by atoms with van der Waals surface area (Å²) in [6.07, 6.45) is 2.70. The monoisotopic (exact) mass is 330 g/mol. The third kappa shape index (κ3) is 2.44. The third-order valence-corrected chi connectivity index (χ3v) is 4.43. The summed E-state index contributed by atoms with van der Waals surface area (Å²) in [5.41, 5.74) is 8.43. The number of nitrogens with two attached hydrogens (primary N) is 1. The molecule has 0 aliphatic heterocycles. The average Bonchev–Trinajstić information content (AvgIpc) is 2.97. The molecular weight excluding hydrogens is 311 g/mol. The van der Waals surface area contributed by atoms with Gasteiger partial charge in [0.1, 0.15) is 0 Å². The van der Waals surface area contributed by atoms with Crippen LogP contribution in [0, 0.1) is 14.9 Å². The molecule has 1 aromatic carbocycles. The standard InChI is InChI=1S/C13H19IN2/c1-9(2)13(5-6-13)8-16-12-4-3-10(14)7-11(12)15/h3-4,7,9,16H,5-6,8,15H2,1-2H3. The van der Waals surface area contributed by atoms with E-state index in [-0.39, 0.29) is 0 Å². The van der Waals surface area contributed by atoms with Crippen molar-refractivity contribution in [3.8, 4) is 0 Å². The van der Waals surface area contributed by atoms with E-state index < -0.39 is 0 Å². The second-order valence-corrected chi connectivity index (χ2v) is 6.35. The number of hydrogen-bond donors (Lipinski definition) is 2. The molecule has 0 heterocycles. The lowest BCUT2D eigenvalue weighted by Gasteiger charge is -2.21. The number of nitrogen functional groups attached to an aromatic ring is 1. The van der Waals surface area contributed by atoms with Gasteiger partial charge >= 0.3 is 0 Å². The van der Waals surface area contributed by atoms with Gasteiger partial charge in [-0.3, -0.25) is 0 Å². The summed E-state index contributed by atoms with van der Waals surface area (Å²) in [4.78, 5) is 0. The second kappa shape index (κ2) is 4.43. The molecule has 2 nitrogen and oxygen atoms in total. The molecule has 0 amide bonds. The van der Waals surface area contributed by atoms with E-state index >= 15 is 0 Å². The first-order valence-electron chi connectivity index (χ1n) is 5.82. The first kappa shape index (κ1) is 12.0. The lowest BCUT2D eigenvalue weighted by atomic mass is 9.92. The zero-order valence-corrected chi connectivity index (χ0v) is 12.0. The normalized spacial score (nSPS) is 17.5. The molecule has 1 saturated carbocycles. The van der Waals surface area contributed by atoms with Gasteiger partial charge in [0.05, 0.1) is 11.4 Å². The third-order valence-electron chi connectivity index (χ3n) is 3.76. The molecule has 1 aromatic rings. The van der Waals surface area contributed by atoms with Gasteiger partial charge in [-0.2, -0.15) is 0 Å². The molecule has 0 atom stereocenters. The molecule has 0 aromatic heterocycles. The fourth-order valence-electron chi connectivity index (χ4n) is 2.08. The fourth-order valence-corrected chi connectivity index (χ4v) is 2.60. The first-order valence-corrected chi connectivity index (χ1v) is 6.90. The Balaban J connectivity index is 2.00. The van der Waals surface area contributed by atoms with Crippen LogP contribution >= 0.6 is 22.6 Å². The van der Waals surface area contributed by atoms with Gasteiger partial charge in [-0.25, -0.2) is 0 Å². The molecule has 1 aliphatic carbocycles. The predicted octanol–water partition coefficient (Wildman–Crippen LogP) is 3.72. The van der Waals surface area contributed by atoms with Gasteiger partial charge in [-0.15, -0.1) is 0 Å². The number of nitrogens with one attached hydrogen (secondary N) is 1. The minimum atomic E-state index is 0.523. The number of rotatable bonds is 4. The largest absolute Gasteiger partial charge is 0.397 e. The Bertz CT molecular complexity index is 384. The van der Waals surface area contributed by atoms with Crippen LogP contribution in [0.5, 0.6) is 0 Å². The molecule has 0 bridgehead atoms. The summed E-state index contributed by atoms with van der Waals surface area (Å²) in [5.74, 6) is 0.755. The van der Waals surface area contributed by atoms with Gasteiger partial charge in [0.25, 0.3) is 0 Å². The number of halogens is 1. The van der Waals surface area contributed by atoms with Crippen LogP contribution in [0.3, 0.4) is 0 Å². The van der Waals surface area contributed by atoms with Gasteiger partial charge in [0.15, 0.2) is 0 Å². The summed E-state index contributed by atoms with van der Waals surface area (Å²) in [6, 6.07) is 6.18. The van der Waals surface area contributed by atoms with Gasteiger partial charge < -0.3 is 11.1 Å². The van der Waals surface area contributed by atoms with Crippen LogP contribution in [0.2, 0.25) is 0 Å². The lowest BCUT2D eigenvalue weighted by molar-refractivity contribution is 0.380. The van der Waals surface area contributed by atoms with Crippen molar-refractivity contribution in [3.63, 3.8) is 0 Å². The van der Waals surface area contributed by atoms with Crippen molar-refractivity contribution < 1.29 is 0 Å². The minimum Gasteiger partial charge on any atom is -0.397 e. The molecule has 2 rings (SSSR count). The zero-order chi connectivity index (χ0) is 11.8. The topological polar surface area (TPSA) is 38.0 Å². The van der Waals surface area contributed by atoms with Crippen molar-refractivity contribution in [1.29, 1.82) is 0 Å². The van der Waals surface area contributed by atoms with Crippen LogP contribution in [0.25, 0.3) is 0 Å². The Labute approximate surface area is 111 Å². The zero-order valence-electron chi connectivity index (χ0n) is 9.89. The minimum absolute atomic E-state index is 0.523. The summed E-state index contributed by atoms with van der Waals surface area (Å²) < 4.78 is 1.19. The van der Waals surface area contributed by atoms with Gasteiger partial charge in [0.2, 0.25) is 0 Å². The van der Waals surface area contributed by atoms with Gasteiger partial charge in [-0.05, 0) is 65.0 Å². The van der Waals surface area contributed by atoms with E-state index in [2.05, 4.69) is 53.9 Å². The number of benzene rings is 1. The van der Waals surface area contributed by atoms with E-state index in [1.165, 1.54) is 16.4 Å². The molecule has 16 heavy (non-hydrogen) atoms. The Hall–Kier alpha value is -0.450. The van der Waals surface area contributed by atoms with Crippen LogP contribution in [-0.2, 0) is 0 Å². The molecule has 1 aliphatic rings. The van der Waals surface area contributed by atoms with Gasteiger partial charge in [-0.1, -0.05) is 13.8 Å². The fraction of sp³-hybridized carbons (Fsp3) is 0.538. The van der Waals surface area contributed by atoms with Crippen molar-refractivity contribution in [2.75, 3.05) is 17.6 Å². The maximum atomic E-state index is 5.98. The molecule has 88 valence electrons. The summed E-state index contributed by atoms with van der Waals surface area (Å²) >= 11 is 2.28. The Morgan fingerprint density at radius 3 is 2.62 bits per heavy atom. The Morgan fingerprint density at radius 2 is 2.12 bits per heavy atom. The summed E-state index contributed by atoms with van der Waals surface area (Å²) in [6.45, 7) is 5.67. The van der Waals surface area contributed by atoms with Crippen molar-refractivity contribution in [3.05, 3.63) is 21.8 Å². The Morgan fingerprint density at radius 1 is 1.44 bits per heavy atom. The maximum absolute atomic E-state index is 5.98. The van der Waals surface area contributed by atoms with Crippen LogP contribution in [0.1, 0.15) is 26.7 Å². The van der Waals surface area contributed by atoms with Crippen molar-refractivity contribution in [2.24, 2.45) is 11.3 Å². The first-order chi connectivity index (χ1) is 7.53. The molecule has 3 N–H and O–H groups in total. The molecule has 0 unspecified atom stereocenters. The van der Waals surface area contributed by atoms with E-state index in [1.807, 2.05) is 6.07 Å². The van der Waals surface area contributed by atoms with Crippen molar-refractivity contribution >= 4 is 34.0 Å². The SMILES string of the molecule is CC(C)C1(CNc2ccc(I)cc2N)CC1. The molecule has 0 saturated heterocycles. The van der Waals surface area contributed by atoms with E-state index in [1.54, 1.807) is 0 Å². The van der Waals surface area contributed by atoms with E-state index in [4.69, 9.17) is 5.73 Å². The van der Waals surface area contributed by atoms with Gasteiger partial charge in [0, 0.05) is 10.1 Å². The highest BCUT2D eigenvalue weighted by Crippen LogP contribution is 2.51.